The number of aromatic nitrogens is 1. The Kier molecular flexibility index (Phi) is 7.19. The van der Waals surface area contributed by atoms with Gasteiger partial charge in [-0.3, -0.25) is 29.6 Å². The van der Waals surface area contributed by atoms with Crippen LogP contribution in [-0.2, 0) is 9.59 Å². The minimum absolute atomic E-state index is 0.0425. The maximum Gasteiger partial charge on any atom is 0.296 e. The quantitative estimate of drug-likeness (QED) is 0.489. The minimum Gasteiger partial charge on any atom is -0.496 e. The van der Waals surface area contributed by atoms with E-state index in [1.165, 1.54) is 37.1 Å². The van der Waals surface area contributed by atoms with Gasteiger partial charge in [0, 0.05) is 19.2 Å². The van der Waals surface area contributed by atoms with Crippen LogP contribution in [0.4, 0.5) is 17.1 Å². The number of pyridine rings is 1. The Hall–Kier alpha value is -3.47. The van der Waals surface area contributed by atoms with Crippen LogP contribution < -0.4 is 10.1 Å². The third-order valence-electron chi connectivity index (χ3n) is 4.38. The number of hydrogen-bond donors (Lipinski definition) is 1. The number of hydrogen-bond acceptors (Lipinski definition) is 8. The monoisotopic (exact) mass is 443 g/mol. The van der Waals surface area contributed by atoms with Gasteiger partial charge in [-0.1, -0.05) is 18.7 Å². The summed E-state index contributed by atoms with van der Waals surface area (Å²) in [4.78, 5) is 46.2. The van der Waals surface area contributed by atoms with Gasteiger partial charge in [0.05, 0.1) is 30.0 Å². The molecule has 1 saturated heterocycles. The van der Waals surface area contributed by atoms with Crippen LogP contribution >= 0.6 is 11.8 Å². The summed E-state index contributed by atoms with van der Waals surface area (Å²) in [6.45, 7) is 2.43. The molecule has 11 heteroatoms. The van der Waals surface area contributed by atoms with Crippen molar-refractivity contribution in [2.45, 2.75) is 25.0 Å². The summed E-state index contributed by atoms with van der Waals surface area (Å²) in [6.07, 6.45) is 3.81. The first-order valence-corrected chi connectivity index (χ1v) is 10.4. The topological polar surface area (TPSA) is 127 Å². The zero-order valence-electron chi connectivity index (χ0n) is 17.0. The van der Waals surface area contributed by atoms with Gasteiger partial charge in [0.15, 0.2) is 5.17 Å². The van der Waals surface area contributed by atoms with Crippen molar-refractivity contribution in [1.82, 2.24) is 9.88 Å². The molecular weight excluding hydrogens is 422 g/mol. The number of amides is 2. The first-order chi connectivity index (χ1) is 14.9. The first-order valence-electron chi connectivity index (χ1n) is 9.52. The lowest BCUT2D eigenvalue weighted by atomic mass is 10.2. The SMILES string of the molecule is CCCN1C(=O)C(CC(=O)Nc2ccc(OC)cc2[N+](=O)[O-])SC1=Nc1cccnc1. The highest BCUT2D eigenvalue weighted by Crippen LogP contribution is 2.33. The smallest absolute Gasteiger partial charge is 0.296 e. The van der Waals surface area contributed by atoms with E-state index in [-0.39, 0.29) is 23.7 Å². The highest BCUT2D eigenvalue weighted by Gasteiger charge is 2.39. The summed E-state index contributed by atoms with van der Waals surface area (Å²) in [5, 5.41) is 13.7. The molecule has 1 aliphatic heterocycles. The molecule has 0 spiro atoms. The number of nitrogens with zero attached hydrogens (tertiary/aromatic N) is 4. The molecule has 0 aliphatic carbocycles. The van der Waals surface area contributed by atoms with E-state index < -0.39 is 16.1 Å². The molecule has 31 heavy (non-hydrogen) atoms. The fourth-order valence-electron chi connectivity index (χ4n) is 2.95. The largest absolute Gasteiger partial charge is 0.496 e. The number of carbonyl (C=O) groups excluding carboxylic acids is 2. The van der Waals surface area contributed by atoms with Crippen molar-refractivity contribution in [3.63, 3.8) is 0 Å². The average Bonchev–Trinajstić information content (AvgIpc) is 3.03. The summed E-state index contributed by atoms with van der Waals surface area (Å²) in [5.41, 5.74) is 0.364. The number of ether oxygens (including phenoxy) is 1. The van der Waals surface area contributed by atoms with E-state index in [0.29, 0.717) is 23.1 Å². The zero-order valence-corrected chi connectivity index (χ0v) is 17.8. The molecule has 1 aromatic heterocycles. The number of methoxy groups -OCH3 is 1. The van der Waals surface area contributed by atoms with E-state index in [1.54, 1.807) is 29.4 Å². The highest BCUT2D eigenvalue weighted by atomic mass is 32.2. The molecule has 1 N–H and O–H groups in total. The van der Waals surface area contributed by atoms with E-state index in [1.807, 2.05) is 6.92 Å². The van der Waals surface area contributed by atoms with Crippen LogP contribution in [0.15, 0.2) is 47.7 Å². The Bertz CT molecular complexity index is 1010. The van der Waals surface area contributed by atoms with Crippen LogP contribution in [0.5, 0.6) is 5.75 Å². The molecule has 2 amide bonds. The summed E-state index contributed by atoms with van der Waals surface area (Å²) in [6, 6.07) is 7.67. The van der Waals surface area contributed by atoms with Crippen molar-refractivity contribution in [1.29, 1.82) is 0 Å². The molecule has 0 radical (unpaired) electrons. The molecule has 162 valence electrons. The number of thioether (sulfide) groups is 1. The summed E-state index contributed by atoms with van der Waals surface area (Å²) < 4.78 is 4.99. The van der Waals surface area contributed by atoms with Crippen LogP contribution in [-0.4, -0.2) is 50.7 Å². The number of aliphatic imine (C=N–C) groups is 1. The normalized spacial score (nSPS) is 17.1. The molecule has 10 nitrogen and oxygen atoms in total. The Morgan fingerprint density at radius 2 is 2.23 bits per heavy atom. The van der Waals surface area contributed by atoms with Gasteiger partial charge in [-0.15, -0.1) is 0 Å². The number of amidine groups is 1. The summed E-state index contributed by atoms with van der Waals surface area (Å²) in [5.74, 6) is -0.412. The van der Waals surface area contributed by atoms with E-state index >= 15 is 0 Å². The van der Waals surface area contributed by atoms with Crippen LogP contribution in [0, 0.1) is 10.1 Å². The van der Waals surface area contributed by atoms with Gasteiger partial charge in [0.25, 0.3) is 5.69 Å². The second-order valence-corrected chi connectivity index (χ2v) is 7.76. The number of anilines is 1. The fraction of sp³-hybridized carbons (Fsp3) is 0.300. The van der Waals surface area contributed by atoms with E-state index in [2.05, 4.69) is 15.3 Å². The van der Waals surface area contributed by atoms with Crippen molar-refractivity contribution in [2.24, 2.45) is 4.99 Å². The zero-order chi connectivity index (χ0) is 22.4. The van der Waals surface area contributed by atoms with Crippen molar-refractivity contribution < 1.29 is 19.2 Å². The number of nitro benzene ring substituents is 1. The number of nitro groups is 1. The second kappa shape index (κ2) is 10.0. The van der Waals surface area contributed by atoms with Crippen molar-refractivity contribution >= 4 is 45.8 Å². The number of benzene rings is 1. The predicted octanol–water partition coefficient (Wildman–Crippen LogP) is 3.37. The molecule has 3 rings (SSSR count). The summed E-state index contributed by atoms with van der Waals surface area (Å²) >= 11 is 1.20. The minimum atomic E-state index is -0.667. The lowest BCUT2D eigenvalue weighted by molar-refractivity contribution is -0.384. The van der Waals surface area contributed by atoms with Gasteiger partial charge < -0.3 is 10.1 Å². The van der Waals surface area contributed by atoms with E-state index in [9.17, 15) is 19.7 Å². The van der Waals surface area contributed by atoms with Crippen molar-refractivity contribution in [3.05, 3.63) is 52.8 Å². The molecule has 0 bridgehead atoms. The Morgan fingerprint density at radius 1 is 1.42 bits per heavy atom. The lowest BCUT2D eigenvalue weighted by Crippen LogP contribution is -2.34. The Balaban J connectivity index is 1.75. The highest BCUT2D eigenvalue weighted by molar-refractivity contribution is 8.15. The number of carbonyl (C=O) groups is 2. The standard InChI is InChI=1S/C20H21N5O5S/c1-3-9-24-19(27)17(31-20(24)22-13-5-4-8-21-12-13)11-18(26)23-15-7-6-14(30-2)10-16(15)25(28)29/h4-8,10,12,17H,3,9,11H2,1-2H3,(H,23,26). The van der Waals surface area contributed by atoms with Crippen molar-refractivity contribution in [3.8, 4) is 5.75 Å². The maximum absolute atomic E-state index is 12.8. The molecular formula is C20H21N5O5S. The van der Waals surface area contributed by atoms with E-state index in [4.69, 9.17) is 4.74 Å². The van der Waals surface area contributed by atoms with Crippen LogP contribution in [0.3, 0.4) is 0 Å². The van der Waals surface area contributed by atoms with Gasteiger partial charge in [-0.2, -0.15) is 0 Å². The van der Waals surface area contributed by atoms with Crippen LogP contribution in [0.25, 0.3) is 0 Å². The van der Waals surface area contributed by atoms with Gasteiger partial charge in [0.2, 0.25) is 11.8 Å². The summed E-state index contributed by atoms with van der Waals surface area (Å²) in [7, 11) is 1.40. The molecule has 1 aromatic carbocycles. The third-order valence-corrected chi connectivity index (χ3v) is 5.56. The number of rotatable bonds is 8. The van der Waals surface area contributed by atoms with Crippen molar-refractivity contribution in [2.75, 3.05) is 19.0 Å². The number of nitrogens with one attached hydrogen (secondary N) is 1. The Labute approximate surface area is 182 Å². The Morgan fingerprint density at radius 3 is 2.87 bits per heavy atom. The first kappa shape index (κ1) is 22.2. The third kappa shape index (κ3) is 5.37. The molecule has 1 fully saturated rings. The molecule has 2 aromatic rings. The molecule has 1 aliphatic rings. The molecule has 2 heterocycles. The van der Waals surface area contributed by atoms with Gasteiger partial charge >= 0.3 is 0 Å². The molecule has 0 saturated carbocycles. The predicted molar refractivity (Wildman–Crippen MR) is 118 cm³/mol. The lowest BCUT2D eigenvalue weighted by Gasteiger charge is -2.15. The van der Waals surface area contributed by atoms with Gasteiger partial charge in [-0.25, -0.2) is 4.99 Å². The maximum atomic E-state index is 12.8. The molecule has 1 unspecified atom stereocenters. The molecule has 1 atom stereocenters. The fourth-order valence-corrected chi connectivity index (χ4v) is 4.13. The second-order valence-electron chi connectivity index (χ2n) is 6.59. The van der Waals surface area contributed by atoms with Gasteiger partial charge in [0.1, 0.15) is 16.7 Å². The average molecular weight is 443 g/mol. The van der Waals surface area contributed by atoms with E-state index in [0.717, 1.165) is 6.42 Å². The van der Waals surface area contributed by atoms with Crippen LogP contribution in [0.2, 0.25) is 0 Å². The van der Waals surface area contributed by atoms with Gasteiger partial charge in [-0.05, 0) is 30.7 Å². The van der Waals surface area contributed by atoms with Crippen LogP contribution in [0.1, 0.15) is 19.8 Å².